The van der Waals surface area contributed by atoms with Gasteiger partial charge in [-0.2, -0.15) is 5.26 Å². The van der Waals surface area contributed by atoms with Gasteiger partial charge in [-0.25, -0.2) is 13.1 Å². The third-order valence-corrected chi connectivity index (χ3v) is 3.97. The maximum Gasteiger partial charge on any atom is 0.241 e. The predicted molar refractivity (Wildman–Crippen MR) is 62.8 cm³/mol. The number of hydrogen-bond donors (Lipinski definition) is 2. The van der Waals surface area contributed by atoms with Crippen LogP contribution in [0.2, 0.25) is 0 Å². The zero-order valence-electron chi connectivity index (χ0n) is 9.64. The maximum atomic E-state index is 11.9. The van der Waals surface area contributed by atoms with Gasteiger partial charge in [-0.05, 0) is 37.6 Å². The molecule has 0 aliphatic carbocycles. The van der Waals surface area contributed by atoms with Gasteiger partial charge in [0.25, 0.3) is 0 Å². The zero-order valence-corrected chi connectivity index (χ0v) is 10.5. The van der Waals surface area contributed by atoms with Crippen molar-refractivity contribution in [3.8, 4) is 6.07 Å². The fourth-order valence-corrected chi connectivity index (χ4v) is 2.85. The van der Waals surface area contributed by atoms with Crippen LogP contribution in [0.15, 0.2) is 23.1 Å². The summed E-state index contributed by atoms with van der Waals surface area (Å²) in [5.74, 6) is 0. The van der Waals surface area contributed by atoms with Crippen LogP contribution in [0.3, 0.4) is 0 Å². The van der Waals surface area contributed by atoms with Crippen LogP contribution in [0.4, 0.5) is 0 Å². The number of nitriles is 1. The van der Waals surface area contributed by atoms with Gasteiger partial charge in [-0.1, -0.05) is 0 Å². The lowest BCUT2D eigenvalue weighted by Crippen LogP contribution is -2.35. The molecule has 92 valence electrons. The lowest BCUT2D eigenvalue weighted by molar-refractivity contribution is 0.265. The molecule has 0 saturated carbocycles. The minimum atomic E-state index is -3.65. The number of sulfonamides is 1. The van der Waals surface area contributed by atoms with Gasteiger partial charge < -0.3 is 5.11 Å². The summed E-state index contributed by atoms with van der Waals surface area (Å²) in [7, 11) is -3.65. The molecular formula is C11H14N2O3S. The van der Waals surface area contributed by atoms with Gasteiger partial charge in [0.1, 0.15) is 0 Å². The first kappa shape index (κ1) is 13.6. The Kier molecular flexibility index (Phi) is 4.23. The Morgan fingerprint density at radius 3 is 2.65 bits per heavy atom. The number of hydrogen-bond acceptors (Lipinski definition) is 4. The van der Waals surface area contributed by atoms with Crippen LogP contribution >= 0.6 is 0 Å². The molecule has 0 aromatic heterocycles. The van der Waals surface area contributed by atoms with Crippen molar-refractivity contribution in [3.63, 3.8) is 0 Å². The minimum Gasteiger partial charge on any atom is -0.395 e. The molecule has 1 rings (SSSR count). The normalized spacial score (nSPS) is 13.1. The summed E-state index contributed by atoms with van der Waals surface area (Å²) in [5, 5.41) is 17.5. The molecule has 1 atom stereocenters. The Morgan fingerprint density at radius 1 is 1.53 bits per heavy atom. The van der Waals surface area contributed by atoms with Crippen molar-refractivity contribution in [2.24, 2.45) is 0 Å². The van der Waals surface area contributed by atoms with Crippen molar-refractivity contribution >= 4 is 10.0 Å². The summed E-state index contributed by atoms with van der Waals surface area (Å²) in [5.41, 5.74) is 0.915. The van der Waals surface area contributed by atoms with Crippen molar-refractivity contribution in [2.75, 3.05) is 6.61 Å². The number of rotatable bonds is 4. The van der Waals surface area contributed by atoms with Gasteiger partial charge in [-0.3, -0.25) is 0 Å². The van der Waals surface area contributed by atoms with E-state index in [4.69, 9.17) is 10.4 Å². The van der Waals surface area contributed by atoms with E-state index in [0.717, 1.165) is 0 Å². The first-order valence-corrected chi connectivity index (χ1v) is 6.53. The average molecular weight is 254 g/mol. The van der Waals surface area contributed by atoms with E-state index in [0.29, 0.717) is 11.1 Å². The Labute approximate surface area is 101 Å². The summed E-state index contributed by atoms with van der Waals surface area (Å²) in [4.78, 5) is 0.122. The van der Waals surface area contributed by atoms with Crippen molar-refractivity contribution in [1.82, 2.24) is 4.72 Å². The van der Waals surface area contributed by atoms with Crippen LogP contribution in [0.5, 0.6) is 0 Å². The highest BCUT2D eigenvalue weighted by Gasteiger charge is 2.19. The van der Waals surface area contributed by atoms with Gasteiger partial charge in [0.05, 0.1) is 23.1 Å². The highest BCUT2D eigenvalue weighted by Crippen LogP contribution is 2.16. The van der Waals surface area contributed by atoms with Gasteiger partial charge in [-0.15, -0.1) is 0 Å². The summed E-state index contributed by atoms with van der Waals surface area (Å²) < 4.78 is 26.2. The van der Waals surface area contributed by atoms with E-state index in [-0.39, 0.29) is 11.5 Å². The minimum absolute atomic E-state index is 0.122. The average Bonchev–Trinajstić information content (AvgIpc) is 2.27. The first-order valence-electron chi connectivity index (χ1n) is 5.04. The van der Waals surface area contributed by atoms with E-state index in [1.54, 1.807) is 13.8 Å². The second-order valence-corrected chi connectivity index (χ2v) is 5.48. The van der Waals surface area contributed by atoms with E-state index < -0.39 is 16.1 Å². The highest BCUT2D eigenvalue weighted by atomic mass is 32.2. The summed E-state index contributed by atoms with van der Waals surface area (Å²) in [6.07, 6.45) is 0. The second-order valence-electron chi connectivity index (χ2n) is 3.80. The molecule has 5 nitrogen and oxygen atoms in total. The van der Waals surface area contributed by atoms with E-state index in [9.17, 15) is 8.42 Å². The molecular weight excluding hydrogens is 240 g/mol. The summed E-state index contributed by atoms with van der Waals surface area (Å²) >= 11 is 0. The van der Waals surface area contributed by atoms with Crippen LogP contribution in [0.25, 0.3) is 0 Å². The van der Waals surface area contributed by atoms with Crippen LogP contribution in [0, 0.1) is 18.3 Å². The molecule has 0 radical (unpaired) electrons. The molecule has 0 aliphatic rings. The first-order chi connectivity index (χ1) is 7.90. The zero-order chi connectivity index (χ0) is 13.1. The van der Waals surface area contributed by atoms with Gasteiger partial charge in [0, 0.05) is 6.04 Å². The SMILES string of the molecule is Cc1cc(C#N)ccc1S(=O)(=O)N[C@@H](C)CO. The third kappa shape index (κ3) is 3.27. The van der Waals surface area contributed by atoms with Crippen LogP contribution < -0.4 is 4.72 Å². The van der Waals surface area contributed by atoms with Crippen molar-refractivity contribution in [2.45, 2.75) is 24.8 Å². The van der Waals surface area contributed by atoms with Crippen LogP contribution in [-0.4, -0.2) is 26.2 Å². The Hall–Kier alpha value is -1.42. The predicted octanol–water partition coefficient (Wildman–Crippen LogP) is 0.526. The van der Waals surface area contributed by atoms with E-state index in [1.165, 1.54) is 18.2 Å². The molecule has 2 N–H and O–H groups in total. The molecule has 1 aromatic rings. The second kappa shape index (κ2) is 5.27. The standard InChI is InChI=1S/C11H14N2O3S/c1-8-5-10(6-12)3-4-11(8)17(15,16)13-9(2)7-14/h3-5,9,13-14H,7H2,1-2H3/t9-/m0/s1. The number of nitrogens with zero attached hydrogens (tertiary/aromatic N) is 1. The molecule has 0 saturated heterocycles. The maximum absolute atomic E-state index is 11.9. The Morgan fingerprint density at radius 2 is 2.18 bits per heavy atom. The van der Waals surface area contributed by atoms with Gasteiger partial charge >= 0.3 is 0 Å². The van der Waals surface area contributed by atoms with Crippen LogP contribution in [0.1, 0.15) is 18.1 Å². The summed E-state index contributed by atoms with van der Waals surface area (Å²) in [6.45, 7) is 2.92. The van der Waals surface area contributed by atoms with E-state index >= 15 is 0 Å². The highest BCUT2D eigenvalue weighted by molar-refractivity contribution is 7.89. The third-order valence-electron chi connectivity index (χ3n) is 2.22. The lowest BCUT2D eigenvalue weighted by Gasteiger charge is -2.13. The van der Waals surface area contributed by atoms with Crippen molar-refractivity contribution in [1.29, 1.82) is 5.26 Å². The topological polar surface area (TPSA) is 90.2 Å². The Balaban J connectivity index is 3.13. The van der Waals surface area contributed by atoms with E-state index in [1.807, 2.05) is 6.07 Å². The van der Waals surface area contributed by atoms with Crippen molar-refractivity contribution < 1.29 is 13.5 Å². The Bertz CT molecular complexity index is 546. The fraction of sp³-hybridized carbons (Fsp3) is 0.364. The number of benzene rings is 1. The molecule has 0 fully saturated rings. The molecule has 0 bridgehead atoms. The van der Waals surface area contributed by atoms with Gasteiger partial charge in [0.2, 0.25) is 10.0 Å². The quantitative estimate of drug-likeness (QED) is 0.820. The monoisotopic (exact) mass is 254 g/mol. The van der Waals surface area contributed by atoms with Crippen LogP contribution in [-0.2, 0) is 10.0 Å². The molecule has 0 spiro atoms. The largest absolute Gasteiger partial charge is 0.395 e. The smallest absolute Gasteiger partial charge is 0.241 e. The molecule has 6 heteroatoms. The molecule has 0 amide bonds. The number of aliphatic hydroxyl groups excluding tert-OH is 1. The number of aryl methyl sites for hydroxylation is 1. The van der Waals surface area contributed by atoms with Crippen molar-refractivity contribution in [3.05, 3.63) is 29.3 Å². The number of aliphatic hydroxyl groups is 1. The molecule has 1 aromatic carbocycles. The number of nitrogens with one attached hydrogen (secondary N) is 1. The molecule has 0 heterocycles. The van der Waals surface area contributed by atoms with E-state index in [2.05, 4.69) is 4.72 Å². The molecule has 0 unspecified atom stereocenters. The fourth-order valence-electron chi connectivity index (χ4n) is 1.39. The lowest BCUT2D eigenvalue weighted by atomic mass is 10.2. The molecule has 17 heavy (non-hydrogen) atoms. The summed E-state index contributed by atoms with van der Waals surface area (Å²) in [6, 6.07) is 5.75. The molecule has 0 aliphatic heterocycles. The van der Waals surface area contributed by atoms with Gasteiger partial charge in [0.15, 0.2) is 0 Å².